The van der Waals surface area contributed by atoms with E-state index < -0.39 is 0 Å². The maximum absolute atomic E-state index is 6.12. The maximum atomic E-state index is 6.12. The van der Waals surface area contributed by atoms with Crippen LogP contribution in [0.15, 0.2) is 30.4 Å². The van der Waals surface area contributed by atoms with Gasteiger partial charge in [-0.25, -0.2) is 0 Å². The number of rotatable bonds is 6. The van der Waals surface area contributed by atoms with E-state index in [1.54, 1.807) is 7.11 Å². The van der Waals surface area contributed by atoms with Crippen LogP contribution in [-0.4, -0.2) is 19.8 Å². The topological polar surface area (TPSA) is 30.5 Å². The first-order valence-corrected chi connectivity index (χ1v) is 7.04. The van der Waals surface area contributed by atoms with Crippen LogP contribution in [0.2, 0.25) is 0 Å². The zero-order valence-corrected chi connectivity index (χ0v) is 11.8. The Balaban J connectivity index is 2.13. The third-order valence-electron chi connectivity index (χ3n) is 3.33. The van der Waals surface area contributed by atoms with Crippen molar-refractivity contribution in [2.45, 2.75) is 38.8 Å². The highest BCUT2D eigenvalue weighted by molar-refractivity contribution is 5.41. The highest BCUT2D eigenvalue weighted by Crippen LogP contribution is 2.27. The maximum Gasteiger partial charge on any atom is 0.128 e. The zero-order valence-electron chi connectivity index (χ0n) is 11.8. The van der Waals surface area contributed by atoms with Gasteiger partial charge < -0.3 is 14.8 Å². The van der Waals surface area contributed by atoms with Crippen molar-refractivity contribution in [1.29, 1.82) is 0 Å². The van der Waals surface area contributed by atoms with E-state index in [0.717, 1.165) is 31.0 Å². The van der Waals surface area contributed by atoms with Gasteiger partial charge in [-0.3, -0.25) is 0 Å². The second-order valence-corrected chi connectivity index (χ2v) is 4.77. The molecule has 3 heteroatoms. The lowest BCUT2D eigenvalue weighted by Crippen LogP contribution is -2.18. The van der Waals surface area contributed by atoms with Crippen LogP contribution in [-0.2, 0) is 6.54 Å². The van der Waals surface area contributed by atoms with Crippen molar-refractivity contribution in [3.05, 3.63) is 35.9 Å². The first-order chi connectivity index (χ1) is 9.33. The standard InChI is InChI=1S/C16H23NO2/c1-3-17-12-13-9-10-15(18-2)11-16(13)19-14-7-5-4-6-8-14/h5,7,9-11,14,17H,3-4,6,8,12H2,1-2H3. The Hall–Kier alpha value is -1.48. The van der Waals surface area contributed by atoms with Crippen molar-refractivity contribution in [3.8, 4) is 11.5 Å². The lowest BCUT2D eigenvalue weighted by Gasteiger charge is -2.21. The SMILES string of the molecule is CCNCc1ccc(OC)cc1OC1C=CCCC1. The molecule has 2 rings (SSSR count). The number of methoxy groups -OCH3 is 1. The van der Waals surface area contributed by atoms with Gasteiger partial charge in [0.15, 0.2) is 0 Å². The molecule has 1 aromatic carbocycles. The van der Waals surface area contributed by atoms with Crippen LogP contribution >= 0.6 is 0 Å². The summed E-state index contributed by atoms with van der Waals surface area (Å²) in [6.45, 7) is 3.88. The minimum atomic E-state index is 0.196. The molecule has 0 fully saturated rings. The van der Waals surface area contributed by atoms with Crippen LogP contribution < -0.4 is 14.8 Å². The first kappa shape index (κ1) is 13.9. The van der Waals surface area contributed by atoms with E-state index in [9.17, 15) is 0 Å². The van der Waals surface area contributed by atoms with Gasteiger partial charge in [0, 0.05) is 18.2 Å². The summed E-state index contributed by atoms with van der Waals surface area (Å²) >= 11 is 0. The summed E-state index contributed by atoms with van der Waals surface area (Å²) in [4.78, 5) is 0. The molecule has 0 aliphatic heterocycles. The third kappa shape index (κ3) is 4.00. The van der Waals surface area contributed by atoms with Gasteiger partial charge in [0.2, 0.25) is 0 Å². The van der Waals surface area contributed by atoms with Gasteiger partial charge in [0.05, 0.1) is 7.11 Å². The molecule has 0 spiro atoms. The molecule has 0 saturated heterocycles. The Labute approximate surface area is 115 Å². The van der Waals surface area contributed by atoms with E-state index in [0.29, 0.717) is 0 Å². The van der Waals surface area contributed by atoms with Gasteiger partial charge in [0.25, 0.3) is 0 Å². The summed E-state index contributed by atoms with van der Waals surface area (Å²) in [6, 6.07) is 6.04. The Kier molecular flexibility index (Phi) is 5.28. The van der Waals surface area contributed by atoms with Gasteiger partial charge >= 0.3 is 0 Å². The minimum Gasteiger partial charge on any atom is -0.497 e. The van der Waals surface area contributed by atoms with E-state index in [1.807, 2.05) is 12.1 Å². The van der Waals surface area contributed by atoms with E-state index in [2.05, 4.69) is 30.5 Å². The molecule has 1 N–H and O–H groups in total. The average molecular weight is 261 g/mol. The number of hydrogen-bond donors (Lipinski definition) is 1. The molecular formula is C16H23NO2. The second kappa shape index (κ2) is 7.19. The Bertz CT molecular complexity index is 429. The smallest absolute Gasteiger partial charge is 0.128 e. The second-order valence-electron chi connectivity index (χ2n) is 4.77. The van der Waals surface area contributed by atoms with Crippen LogP contribution in [0, 0.1) is 0 Å². The largest absolute Gasteiger partial charge is 0.497 e. The highest BCUT2D eigenvalue weighted by atomic mass is 16.5. The molecule has 3 nitrogen and oxygen atoms in total. The van der Waals surface area contributed by atoms with Crippen LogP contribution in [0.5, 0.6) is 11.5 Å². The van der Waals surface area contributed by atoms with Gasteiger partial charge in [-0.05, 0) is 37.9 Å². The molecule has 19 heavy (non-hydrogen) atoms. The van der Waals surface area contributed by atoms with Crippen LogP contribution in [0.4, 0.5) is 0 Å². The van der Waals surface area contributed by atoms with Crippen LogP contribution in [0.3, 0.4) is 0 Å². The summed E-state index contributed by atoms with van der Waals surface area (Å²) < 4.78 is 11.4. The van der Waals surface area contributed by atoms with Gasteiger partial charge in [-0.15, -0.1) is 0 Å². The van der Waals surface area contributed by atoms with Gasteiger partial charge in [-0.1, -0.05) is 19.1 Å². The van der Waals surface area contributed by atoms with Crippen LogP contribution in [0.1, 0.15) is 31.7 Å². The van der Waals surface area contributed by atoms with Crippen molar-refractivity contribution in [3.63, 3.8) is 0 Å². The van der Waals surface area contributed by atoms with Gasteiger partial charge in [-0.2, -0.15) is 0 Å². The fourth-order valence-corrected chi connectivity index (χ4v) is 2.22. The molecule has 1 unspecified atom stereocenters. The number of nitrogens with one attached hydrogen (secondary N) is 1. The summed E-state index contributed by atoms with van der Waals surface area (Å²) in [7, 11) is 1.68. The normalized spacial score (nSPS) is 18.3. The molecule has 104 valence electrons. The fraction of sp³-hybridized carbons (Fsp3) is 0.500. The summed E-state index contributed by atoms with van der Waals surface area (Å²) in [5, 5.41) is 3.34. The number of allylic oxidation sites excluding steroid dienone is 1. The molecule has 1 atom stereocenters. The van der Waals surface area contributed by atoms with E-state index in [-0.39, 0.29) is 6.10 Å². The predicted molar refractivity (Wildman–Crippen MR) is 77.8 cm³/mol. The summed E-state index contributed by atoms with van der Waals surface area (Å²) in [6.07, 6.45) is 8.03. The van der Waals surface area contributed by atoms with Crippen molar-refractivity contribution in [2.75, 3.05) is 13.7 Å². The minimum absolute atomic E-state index is 0.196. The predicted octanol–water partition coefficient (Wildman–Crippen LogP) is 3.29. The van der Waals surface area contributed by atoms with Crippen molar-refractivity contribution in [1.82, 2.24) is 5.32 Å². The lowest BCUT2D eigenvalue weighted by atomic mass is 10.1. The number of ether oxygens (including phenoxy) is 2. The highest BCUT2D eigenvalue weighted by Gasteiger charge is 2.13. The molecule has 1 aliphatic rings. The molecule has 0 radical (unpaired) electrons. The quantitative estimate of drug-likeness (QED) is 0.797. The molecular weight excluding hydrogens is 238 g/mol. The van der Waals surface area contributed by atoms with Crippen molar-refractivity contribution in [2.24, 2.45) is 0 Å². The molecule has 0 amide bonds. The van der Waals surface area contributed by atoms with Crippen molar-refractivity contribution >= 4 is 0 Å². The Morgan fingerprint density at radius 1 is 1.37 bits per heavy atom. The summed E-state index contributed by atoms with van der Waals surface area (Å²) in [5.74, 6) is 1.77. The lowest BCUT2D eigenvalue weighted by molar-refractivity contribution is 0.226. The number of hydrogen-bond acceptors (Lipinski definition) is 3. The zero-order chi connectivity index (χ0) is 13.5. The molecule has 1 aromatic rings. The van der Waals surface area contributed by atoms with E-state index in [4.69, 9.17) is 9.47 Å². The Morgan fingerprint density at radius 2 is 2.26 bits per heavy atom. The van der Waals surface area contributed by atoms with Crippen molar-refractivity contribution < 1.29 is 9.47 Å². The van der Waals surface area contributed by atoms with E-state index in [1.165, 1.54) is 18.4 Å². The third-order valence-corrected chi connectivity index (χ3v) is 3.33. The average Bonchev–Trinajstić information content (AvgIpc) is 2.47. The monoisotopic (exact) mass is 261 g/mol. The number of benzene rings is 1. The molecule has 0 aromatic heterocycles. The molecule has 0 heterocycles. The van der Waals surface area contributed by atoms with Crippen LogP contribution in [0.25, 0.3) is 0 Å². The molecule has 0 saturated carbocycles. The van der Waals surface area contributed by atoms with E-state index >= 15 is 0 Å². The molecule has 0 bridgehead atoms. The fourth-order valence-electron chi connectivity index (χ4n) is 2.22. The molecule has 1 aliphatic carbocycles. The summed E-state index contributed by atoms with van der Waals surface area (Å²) in [5.41, 5.74) is 1.18. The van der Waals surface area contributed by atoms with Gasteiger partial charge in [0.1, 0.15) is 17.6 Å². The first-order valence-electron chi connectivity index (χ1n) is 7.04. The Morgan fingerprint density at radius 3 is 2.95 bits per heavy atom.